The number of carbonyl (C=O) groups is 1. The van der Waals surface area contributed by atoms with Crippen LogP contribution in [0.15, 0.2) is 42.5 Å². The van der Waals surface area contributed by atoms with Gasteiger partial charge in [-0.25, -0.2) is 4.98 Å². The summed E-state index contributed by atoms with van der Waals surface area (Å²) in [5.41, 5.74) is 2.50. The predicted octanol–water partition coefficient (Wildman–Crippen LogP) is 2.85. The first-order chi connectivity index (χ1) is 10.1. The van der Waals surface area contributed by atoms with Crippen LogP contribution in [0.4, 0.5) is 0 Å². The van der Waals surface area contributed by atoms with Gasteiger partial charge in [0.15, 0.2) is 0 Å². The average Bonchev–Trinajstić information content (AvgIpc) is 2.48. The molecule has 4 nitrogen and oxygen atoms in total. The molecule has 1 aromatic heterocycles. The summed E-state index contributed by atoms with van der Waals surface area (Å²) >= 11 is 0. The fourth-order valence-electron chi connectivity index (χ4n) is 1.89. The molecule has 2 aromatic rings. The summed E-state index contributed by atoms with van der Waals surface area (Å²) in [6.07, 6.45) is 0. The van der Waals surface area contributed by atoms with Crippen LogP contribution in [0.2, 0.25) is 0 Å². The fraction of sp³-hybridized carbons (Fsp3) is 0.294. The molecule has 21 heavy (non-hydrogen) atoms. The van der Waals surface area contributed by atoms with E-state index >= 15 is 0 Å². The third kappa shape index (κ3) is 4.31. The molecular formula is C17H20N2O2. The molecule has 110 valence electrons. The van der Waals surface area contributed by atoms with E-state index in [1.165, 1.54) is 5.56 Å². The second-order valence-electron chi connectivity index (χ2n) is 5.05. The minimum Gasteiger partial charge on any atom is -0.492 e. The highest BCUT2D eigenvalue weighted by Gasteiger charge is 2.12. The van der Waals surface area contributed by atoms with Crippen molar-refractivity contribution in [3.63, 3.8) is 0 Å². The Balaban J connectivity index is 1.85. The zero-order valence-electron chi connectivity index (χ0n) is 12.7. The summed E-state index contributed by atoms with van der Waals surface area (Å²) in [6.45, 7) is 4.88. The van der Waals surface area contributed by atoms with Crippen molar-refractivity contribution in [1.82, 2.24) is 9.88 Å². The summed E-state index contributed by atoms with van der Waals surface area (Å²) in [4.78, 5) is 18.1. The van der Waals surface area contributed by atoms with Crippen LogP contribution < -0.4 is 4.74 Å². The number of nitrogens with zero attached hydrogens (tertiary/aromatic N) is 2. The van der Waals surface area contributed by atoms with Gasteiger partial charge in [0.05, 0.1) is 6.54 Å². The number of amides is 1. The quantitative estimate of drug-likeness (QED) is 0.848. The lowest BCUT2D eigenvalue weighted by Crippen LogP contribution is -2.31. The second-order valence-corrected chi connectivity index (χ2v) is 5.05. The van der Waals surface area contributed by atoms with Gasteiger partial charge in [-0.15, -0.1) is 0 Å². The molecule has 1 heterocycles. The van der Waals surface area contributed by atoms with E-state index in [2.05, 4.69) is 4.98 Å². The van der Waals surface area contributed by atoms with Gasteiger partial charge in [-0.2, -0.15) is 0 Å². The fourth-order valence-corrected chi connectivity index (χ4v) is 1.89. The van der Waals surface area contributed by atoms with Crippen molar-refractivity contribution in [2.45, 2.75) is 13.8 Å². The van der Waals surface area contributed by atoms with Gasteiger partial charge in [-0.05, 0) is 38.1 Å². The minimum atomic E-state index is -0.0915. The summed E-state index contributed by atoms with van der Waals surface area (Å²) in [6, 6.07) is 13.3. The highest BCUT2D eigenvalue weighted by molar-refractivity contribution is 5.92. The van der Waals surface area contributed by atoms with Gasteiger partial charge in [0, 0.05) is 12.7 Å². The highest BCUT2D eigenvalue weighted by atomic mass is 16.5. The molecular weight excluding hydrogens is 264 g/mol. The summed E-state index contributed by atoms with van der Waals surface area (Å²) in [7, 11) is 1.75. The van der Waals surface area contributed by atoms with E-state index in [1.807, 2.05) is 50.2 Å². The van der Waals surface area contributed by atoms with Crippen molar-refractivity contribution in [1.29, 1.82) is 0 Å². The Morgan fingerprint density at radius 2 is 1.86 bits per heavy atom. The molecule has 0 spiro atoms. The number of likely N-dealkylation sites (N-methyl/N-ethyl adjacent to an activating group) is 1. The topological polar surface area (TPSA) is 42.4 Å². The van der Waals surface area contributed by atoms with E-state index in [4.69, 9.17) is 4.74 Å². The highest BCUT2D eigenvalue weighted by Crippen LogP contribution is 2.11. The zero-order valence-corrected chi connectivity index (χ0v) is 12.7. The first kappa shape index (κ1) is 15.0. The smallest absolute Gasteiger partial charge is 0.272 e. The minimum absolute atomic E-state index is 0.0915. The molecule has 0 aliphatic heterocycles. The van der Waals surface area contributed by atoms with Crippen LogP contribution in [-0.4, -0.2) is 36.0 Å². The van der Waals surface area contributed by atoms with Crippen LogP contribution in [0.25, 0.3) is 0 Å². The molecule has 0 saturated carbocycles. The van der Waals surface area contributed by atoms with E-state index in [-0.39, 0.29) is 5.91 Å². The molecule has 1 aromatic carbocycles. The normalized spacial score (nSPS) is 10.2. The lowest BCUT2D eigenvalue weighted by Gasteiger charge is -2.17. The van der Waals surface area contributed by atoms with Crippen LogP contribution in [0, 0.1) is 13.8 Å². The first-order valence-electron chi connectivity index (χ1n) is 6.95. The molecule has 0 unspecified atom stereocenters. The third-order valence-electron chi connectivity index (χ3n) is 3.17. The van der Waals surface area contributed by atoms with Crippen molar-refractivity contribution >= 4 is 5.91 Å². The monoisotopic (exact) mass is 284 g/mol. The molecule has 0 bridgehead atoms. The number of hydrogen-bond donors (Lipinski definition) is 0. The largest absolute Gasteiger partial charge is 0.492 e. The Morgan fingerprint density at radius 1 is 1.14 bits per heavy atom. The van der Waals surface area contributed by atoms with Gasteiger partial charge in [0.25, 0.3) is 5.91 Å². The Kier molecular flexibility index (Phi) is 4.93. The number of ether oxygens (including phenoxy) is 1. The zero-order chi connectivity index (χ0) is 15.2. The average molecular weight is 284 g/mol. The molecule has 0 aliphatic rings. The molecule has 0 radical (unpaired) electrons. The molecule has 1 amide bonds. The Labute approximate surface area is 125 Å². The van der Waals surface area contributed by atoms with Gasteiger partial charge < -0.3 is 9.64 Å². The second kappa shape index (κ2) is 6.88. The number of hydrogen-bond acceptors (Lipinski definition) is 3. The van der Waals surface area contributed by atoms with E-state index in [0.29, 0.717) is 18.8 Å². The first-order valence-corrected chi connectivity index (χ1v) is 6.95. The third-order valence-corrected chi connectivity index (χ3v) is 3.17. The molecule has 4 heteroatoms. The SMILES string of the molecule is Cc1ccc(OCCN(C)C(=O)c2cccc(C)n2)cc1. The maximum atomic E-state index is 12.2. The van der Waals surface area contributed by atoms with E-state index in [9.17, 15) is 4.79 Å². The molecule has 0 fully saturated rings. The Bertz CT molecular complexity index is 608. The van der Waals surface area contributed by atoms with Crippen molar-refractivity contribution in [3.05, 3.63) is 59.4 Å². The lowest BCUT2D eigenvalue weighted by atomic mass is 10.2. The summed E-state index contributed by atoms with van der Waals surface area (Å²) in [5.74, 6) is 0.723. The predicted molar refractivity (Wildman–Crippen MR) is 82.6 cm³/mol. The van der Waals surface area contributed by atoms with Crippen LogP contribution in [0.5, 0.6) is 5.75 Å². The number of pyridine rings is 1. The maximum absolute atomic E-state index is 12.2. The van der Waals surface area contributed by atoms with E-state index < -0.39 is 0 Å². The molecule has 0 atom stereocenters. The van der Waals surface area contributed by atoms with Gasteiger partial charge in [0.1, 0.15) is 18.1 Å². The van der Waals surface area contributed by atoms with Gasteiger partial charge in [-0.1, -0.05) is 23.8 Å². The summed E-state index contributed by atoms with van der Waals surface area (Å²) in [5, 5.41) is 0. The van der Waals surface area contributed by atoms with Crippen molar-refractivity contribution in [2.75, 3.05) is 20.2 Å². The Morgan fingerprint density at radius 3 is 2.52 bits per heavy atom. The lowest BCUT2D eigenvalue weighted by molar-refractivity contribution is 0.0768. The standard InChI is InChI=1S/C17H20N2O2/c1-13-7-9-15(10-8-13)21-12-11-19(3)17(20)16-6-4-5-14(2)18-16/h4-10H,11-12H2,1-3H3. The van der Waals surface area contributed by atoms with E-state index in [0.717, 1.165) is 11.4 Å². The van der Waals surface area contributed by atoms with Gasteiger partial charge in [0.2, 0.25) is 0 Å². The van der Waals surface area contributed by atoms with Crippen LogP contribution in [0.1, 0.15) is 21.7 Å². The molecule has 0 N–H and O–H groups in total. The molecule has 2 rings (SSSR count). The van der Waals surface area contributed by atoms with Crippen LogP contribution in [0.3, 0.4) is 0 Å². The van der Waals surface area contributed by atoms with E-state index in [1.54, 1.807) is 18.0 Å². The van der Waals surface area contributed by atoms with Gasteiger partial charge in [-0.3, -0.25) is 4.79 Å². The Hall–Kier alpha value is -2.36. The maximum Gasteiger partial charge on any atom is 0.272 e. The molecule has 0 saturated heterocycles. The van der Waals surface area contributed by atoms with Crippen LogP contribution >= 0.6 is 0 Å². The van der Waals surface area contributed by atoms with Crippen molar-refractivity contribution in [3.8, 4) is 5.75 Å². The number of benzene rings is 1. The number of aryl methyl sites for hydroxylation is 2. The number of aromatic nitrogens is 1. The summed E-state index contributed by atoms with van der Waals surface area (Å²) < 4.78 is 5.63. The van der Waals surface area contributed by atoms with Crippen molar-refractivity contribution < 1.29 is 9.53 Å². The number of carbonyl (C=O) groups excluding carboxylic acids is 1. The van der Waals surface area contributed by atoms with Gasteiger partial charge >= 0.3 is 0 Å². The molecule has 0 aliphatic carbocycles. The van der Waals surface area contributed by atoms with Crippen LogP contribution in [-0.2, 0) is 0 Å². The number of rotatable bonds is 5. The van der Waals surface area contributed by atoms with Crippen molar-refractivity contribution in [2.24, 2.45) is 0 Å².